The number of fused-ring (bicyclic) bond motifs is 1. The first-order valence-corrected chi connectivity index (χ1v) is 12.1. The van der Waals surface area contributed by atoms with Crippen molar-refractivity contribution in [3.05, 3.63) is 125 Å². The van der Waals surface area contributed by atoms with Gasteiger partial charge < -0.3 is 4.74 Å². The Labute approximate surface area is 227 Å². The molecule has 5 aromatic rings. The van der Waals surface area contributed by atoms with Crippen LogP contribution in [0.1, 0.15) is 18.1 Å². The van der Waals surface area contributed by atoms with Gasteiger partial charge in [-0.15, -0.1) is 0 Å². The van der Waals surface area contributed by atoms with Gasteiger partial charge in [-0.25, -0.2) is 30.7 Å². The highest BCUT2D eigenvalue weighted by molar-refractivity contribution is 5.89. The number of ether oxygens (including phenoxy) is 1. The lowest BCUT2D eigenvalue weighted by atomic mass is 9.96. The highest BCUT2D eigenvalue weighted by Crippen LogP contribution is 2.37. The molecule has 0 aromatic heterocycles. The molecule has 0 bridgehead atoms. The van der Waals surface area contributed by atoms with E-state index in [4.69, 9.17) is 0 Å². The van der Waals surface area contributed by atoms with Crippen LogP contribution in [0.25, 0.3) is 33.0 Å². The summed E-state index contributed by atoms with van der Waals surface area (Å²) >= 11 is 0. The second kappa shape index (κ2) is 10.5. The van der Waals surface area contributed by atoms with E-state index >= 15 is 4.39 Å². The quantitative estimate of drug-likeness (QED) is 0.144. The molecule has 5 aromatic carbocycles. The maximum atomic E-state index is 15.3. The van der Waals surface area contributed by atoms with Crippen LogP contribution in [0.3, 0.4) is 0 Å². The Morgan fingerprint density at radius 2 is 1.20 bits per heavy atom. The third-order valence-electron chi connectivity index (χ3n) is 6.59. The number of halogens is 9. The van der Waals surface area contributed by atoms with Crippen molar-refractivity contribution in [1.82, 2.24) is 0 Å². The van der Waals surface area contributed by atoms with E-state index in [0.717, 1.165) is 12.1 Å². The third-order valence-corrected chi connectivity index (χ3v) is 6.59. The van der Waals surface area contributed by atoms with Crippen LogP contribution in [-0.2, 0) is 12.5 Å². The van der Waals surface area contributed by atoms with Crippen LogP contribution in [0.5, 0.6) is 5.75 Å². The molecule has 0 fully saturated rings. The van der Waals surface area contributed by atoms with Gasteiger partial charge in [-0.2, -0.15) is 8.78 Å². The van der Waals surface area contributed by atoms with Gasteiger partial charge in [0.25, 0.3) is 0 Å². The summed E-state index contributed by atoms with van der Waals surface area (Å²) in [6.07, 6.45) is -4.15. The smallest absolute Gasteiger partial charge is 0.429 e. The minimum absolute atomic E-state index is 0.0152. The summed E-state index contributed by atoms with van der Waals surface area (Å²) in [6.45, 7) is 1.65. The van der Waals surface area contributed by atoms with Gasteiger partial charge in [0.1, 0.15) is 17.4 Å². The van der Waals surface area contributed by atoms with Crippen molar-refractivity contribution in [2.24, 2.45) is 0 Å². The molecule has 0 saturated heterocycles. The molecule has 1 nitrogen and oxygen atoms in total. The molecule has 210 valence electrons. The summed E-state index contributed by atoms with van der Waals surface area (Å²) in [5, 5.41) is -0.294. The summed E-state index contributed by atoms with van der Waals surface area (Å²) < 4.78 is 132. The SMILES string of the molecule is CCc1cc2ccc(-c3ccc(-c4ccc(C(F)(F)Oc5cc(F)c(F)c(F)c5)c(F)c4)cc3)c(F)c2c(F)c1F. The van der Waals surface area contributed by atoms with Gasteiger partial charge in [-0.05, 0) is 52.3 Å². The molecule has 0 aliphatic heterocycles. The summed E-state index contributed by atoms with van der Waals surface area (Å²) in [6, 6.07) is 13.1. The van der Waals surface area contributed by atoms with Crippen LogP contribution in [0.4, 0.5) is 39.5 Å². The van der Waals surface area contributed by atoms with Crippen LogP contribution in [0, 0.1) is 40.7 Å². The lowest BCUT2D eigenvalue weighted by Crippen LogP contribution is -2.23. The van der Waals surface area contributed by atoms with Crippen molar-refractivity contribution in [2.45, 2.75) is 19.5 Å². The predicted molar refractivity (Wildman–Crippen MR) is 135 cm³/mol. The van der Waals surface area contributed by atoms with Gasteiger partial charge in [-0.1, -0.05) is 49.4 Å². The minimum atomic E-state index is -4.37. The van der Waals surface area contributed by atoms with E-state index in [0.29, 0.717) is 17.2 Å². The Morgan fingerprint density at radius 1 is 0.585 bits per heavy atom. The second-order valence-corrected chi connectivity index (χ2v) is 9.13. The highest BCUT2D eigenvalue weighted by Gasteiger charge is 2.38. The summed E-state index contributed by atoms with van der Waals surface area (Å²) in [7, 11) is 0. The van der Waals surface area contributed by atoms with Crippen LogP contribution in [0.2, 0.25) is 0 Å². The molecule has 0 heterocycles. The van der Waals surface area contributed by atoms with E-state index in [9.17, 15) is 35.1 Å². The molecule has 0 aliphatic rings. The lowest BCUT2D eigenvalue weighted by Gasteiger charge is -2.19. The number of rotatable bonds is 6. The summed E-state index contributed by atoms with van der Waals surface area (Å²) in [5.41, 5.74) is -0.361. The Morgan fingerprint density at radius 3 is 1.80 bits per heavy atom. The Hall–Kier alpha value is -4.47. The first kappa shape index (κ1) is 28.1. The van der Waals surface area contributed by atoms with Gasteiger partial charge in [0.15, 0.2) is 29.1 Å². The molecule has 41 heavy (non-hydrogen) atoms. The maximum absolute atomic E-state index is 15.3. The Balaban J connectivity index is 1.43. The first-order chi connectivity index (χ1) is 19.4. The highest BCUT2D eigenvalue weighted by atomic mass is 19.3. The van der Waals surface area contributed by atoms with Crippen LogP contribution >= 0.6 is 0 Å². The fourth-order valence-electron chi connectivity index (χ4n) is 4.48. The van der Waals surface area contributed by atoms with E-state index in [1.54, 1.807) is 6.92 Å². The van der Waals surface area contributed by atoms with Gasteiger partial charge in [0.2, 0.25) is 0 Å². The number of aryl methyl sites for hydroxylation is 1. The maximum Gasteiger partial charge on any atom is 0.429 e. The van der Waals surface area contributed by atoms with Crippen LogP contribution in [-0.4, -0.2) is 0 Å². The van der Waals surface area contributed by atoms with Gasteiger partial charge in [0, 0.05) is 17.7 Å². The van der Waals surface area contributed by atoms with Crippen molar-refractivity contribution >= 4 is 10.8 Å². The predicted octanol–water partition coefficient (Wildman–Crippen LogP) is 9.84. The number of hydrogen-bond acceptors (Lipinski definition) is 1. The first-order valence-electron chi connectivity index (χ1n) is 12.1. The number of hydrogen-bond donors (Lipinski definition) is 0. The third kappa shape index (κ3) is 5.10. The standard InChI is InChI=1S/C31H17F9O/c1-2-15-11-19-7-9-21(28(36)26(19)30(38)27(15)35)17-5-3-16(4-6-17)18-8-10-22(23(32)12-18)31(39,40)41-20-13-24(33)29(37)25(34)14-20/h3-14H,2H2,1H3. The van der Waals surface area contributed by atoms with Crippen molar-refractivity contribution in [3.8, 4) is 28.0 Å². The molecule has 0 amide bonds. The Kier molecular flexibility index (Phi) is 7.19. The molecule has 10 heteroatoms. The molecule has 0 aliphatic carbocycles. The van der Waals surface area contributed by atoms with Gasteiger partial charge in [0.05, 0.1) is 10.9 Å². The normalized spacial score (nSPS) is 11.8. The van der Waals surface area contributed by atoms with E-state index in [2.05, 4.69) is 4.74 Å². The van der Waals surface area contributed by atoms with Gasteiger partial charge >= 0.3 is 6.11 Å². The average molecular weight is 576 g/mol. The van der Waals surface area contributed by atoms with Crippen LogP contribution in [0.15, 0.2) is 72.8 Å². The van der Waals surface area contributed by atoms with Crippen LogP contribution < -0.4 is 4.74 Å². The van der Waals surface area contributed by atoms with E-state index in [-0.39, 0.29) is 40.6 Å². The molecule has 0 unspecified atom stereocenters. The van der Waals surface area contributed by atoms with E-state index in [1.807, 2.05) is 0 Å². The van der Waals surface area contributed by atoms with Crippen molar-refractivity contribution in [3.63, 3.8) is 0 Å². The van der Waals surface area contributed by atoms with Crippen molar-refractivity contribution in [2.75, 3.05) is 0 Å². The fourth-order valence-corrected chi connectivity index (χ4v) is 4.48. The molecule has 0 saturated carbocycles. The van der Waals surface area contributed by atoms with E-state index < -0.39 is 63.5 Å². The molecular weight excluding hydrogens is 559 g/mol. The van der Waals surface area contributed by atoms with Crippen molar-refractivity contribution in [1.29, 1.82) is 0 Å². The zero-order valence-corrected chi connectivity index (χ0v) is 20.9. The molecular formula is C31H17F9O. The summed E-state index contributed by atoms with van der Waals surface area (Å²) in [5.74, 6) is -11.2. The second-order valence-electron chi connectivity index (χ2n) is 9.13. The molecule has 0 spiro atoms. The average Bonchev–Trinajstić information content (AvgIpc) is 2.93. The fraction of sp³-hybridized carbons (Fsp3) is 0.0968. The number of alkyl halides is 2. The van der Waals surface area contributed by atoms with E-state index in [1.165, 1.54) is 42.5 Å². The van der Waals surface area contributed by atoms with Crippen molar-refractivity contribution < 1.29 is 44.3 Å². The number of benzene rings is 5. The largest absolute Gasteiger partial charge is 0.429 e. The molecule has 0 radical (unpaired) electrons. The van der Waals surface area contributed by atoms with Gasteiger partial charge in [-0.3, -0.25) is 0 Å². The molecule has 5 rings (SSSR count). The minimum Gasteiger partial charge on any atom is -0.429 e. The Bertz CT molecular complexity index is 1770. The zero-order valence-electron chi connectivity index (χ0n) is 20.9. The molecule has 0 atom stereocenters. The monoisotopic (exact) mass is 576 g/mol. The summed E-state index contributed by atoms with van der Waals surface area (Å²) in [4.78, 5) is 0. The zero-order chi connectivity index (χ0) is 29.6. The topological polar surface area (TPSA) is 9.23 Å². The molecule has 0 N–H and O–H groups in total. The lowest BCUT2D eigenvalue weighted by molar-refractivity contribution is -0.187.